The topological polar surface area (TPSA) is 64.6 Å². The fraction of sp³-hybridized carbons (Fsp3) is 0.200. The van der Waals surface area contributed by atoms with E-state index in [0.29, 0.717) is 36.3 Å². The summed E-state index contributed by atoms with van der Waals surface area (Å²) in [6, 6.07) is 5.47. The third kappa shape index (κ3) is 3.07. The van der Waals surface area contributed by atoms with Crippen molar-refractivity contribution in [2.45, 2.75) is 11.8 Å². The van der Waals surface area contributed by atoms with E-state index < -0.39 is 21.7 Å². The van der Waals surface area contributed by atoms with E-state index in [2.05, 4.69) is 4.72 Å². The van der Waals surface area contributed by atoms with Gasteiger partial charge in [-0.05, 0) is 30.7 Å². The monoisotopic (exact) mass is 341 g/mol. The summed E-state index contributed by atoms with van der Waals surface area (Å²) in [4.78, 5) is -0.0644. The first-order valence-corrected chi connectivity index (χ1v) is 8.23. The van der Waals surface area contributed by atoms with Crippen molar-refractivity contribution in [2.24, 2.45) is 0 Å². The van der Waals surface area contributed by atoms with Crippen LogP contribution in [0.3, 0.4) is 0 Å². The number of hydrogen-bond acceptors (Lipinski definition) is 4. The molecule has 1 aliphatic heterocycles. The Morgan fingerprint density at radius 2 is 1.70 bits per heavy atom. The molecule has 0 amide bonds. The third-order valence-corrected chi connectivity index (χ3v) is 4.81. The second-order valence-corrected chi connectivity index (χ2v) is 6.64. The van der Waals surface area contributed by atoms with Crippen LogP contribution < -0.4 is 14.2 Å². The van der Waals surface area contributed by atoms with Crippen LogP contribution in [0.25, 0.3) is 0 Å². The Kier molecular flexibility index (Phi) is 3.85. The lowest BCUT2D eigenvalue weighted by molar-refractivity contribution is 0.171. The van der Waals surface area contributed by atoms with Gasteiger partial charge in [-0.1, -0.05) is 0 Å². The lowest BCUT2D eigenvalue weighted by Crippen LogP contribution is -2.19. The van der Waals surface area contributed by atoms with E-state index in [-0.39, 0.29) is 10.6 Å². The van der Waals surface area contributed by atoms with Crippen molar-refractivity contribution in [1.29, 1.82) is 0 Å². The average Bonchev–Trinajstić information content (AvgIpc) is 2.49. The minimum absolute atomic E-state index is 0.0644. The molecular weight excluding hydrogens is 328 g/mol. The molecule has 122 valence electrons. The standard InChI is InChI=1S/C15H13F2NO4S/c1-9-6-13-14(22-5-4-21-13)8-15(9)23(19,20)18-12-3-2-10(16)7-11(12)17/h2-3,6-8,18H,4-5H2,1H3. The van der Waals surface area contributed by atoms with Crippen molar-refractivity contribution >= 4 is 15.7 Å². The molecule has 23 heavy (non-hydrogen) atoms. The van der Waals surface area contributed by atoms with Crippen molar-refractivity contribution in [1.82, 2.24) is 0 Å². The highest BCUT2D eigenvalue weighted by atomic mass is 32.2. The van der Waals surface area contributed by atoms with Crippen molar-refractivity contribution in [3.05, 3.63) is 47.5 Å². The molecule has 0 radical (unpaired) electrons. The van der Waals surface area contributed by atoms with Gasteiger partial charge in [0.2, 0.25) is 0 Å². The van der Waals surface area contributed by atoms with Gasteiger partial charge in [0, 0.05) is 12.1 Å². The molecule has 0 saturated heterocycles. The molecule has 5 nitrogen and oxygen atoms in total. The summed E-state index contributed by atoms with van der Waals surface area (Å²) in [5.74, 6) is -1.02. The lowest BCUT2D eigenvalue weighted by atomic mass is 10.2. The maximum Gasteiger partial charge on any atom is 0.262 e. The Morgan fingerprint density at radius 1 is 1.04 bits per heavy atom. The maximum absolute atomic E-state index is 13.7. The van der Waals surface area contributed by atoms with E-state index >= 15 is 0 Å². The molecule has 8 heteroatoms. The van der Waals surface area contributed by atoms with Gasteiger partial charge in [-0.25, -0.2) is 17.2 Å². The second-order valence-electron chi connectivity index (χ2n) is 4.99. The summed E-state index contributed by atoms with van der Waals surface area (Å²) in [5, 5.41) is 0. The maximum atomic E-state index is 13.7. The zero-order valence-electron chi connectivity index (χ0n) is 12.1. The van der Waals surface area contributed by atoms with Crippen LogP contribution in [0.15, 0.2) is 35.2 Å². The van der Waals surface area contributed by atoms with Crippen molar-refractivity contribution in [3.63, 3.8) is 0 Å². The Hall–Kier alpha value is -2.35. The number of hydrogen-bond donors (Lipinski definition) is 1. The first kappa shape index (κ1) is 15.5. The first-order valence-electron chi connectivity index (χ1n) is 6.75. The number of halogens is 2. The number of aryl methyl sites for hydroxylation is 1. The number of anilines is 1. The number of rotatable bonds is 3. The molecule has 0 aliphatic carbocycles. The quantitative estimate of drug-likeness (QED) is 0.932. The zero-order valence-corrected chi connectivity index (χ0v) is 12.9. The lowest BCUT2D eigenvalue weighted by Gasteiger charge is -2.20. The summed E-state index contributed by atoms with van der Waals surface area (Å²) < 4.78 is 64.4. The van der Waals surface area contributed by atoms with Crippen LogP contribution in [0.1, 0.15) is 5.56 Å². The second kappa shape index (κ2) is 5.69. The van der Waals surface area contributed by atoms with E-state index in [1.54, 1.807) is 13.0 Å². The van der Waals surface area contributed by atoms with E-state index in [9.17, 15) is 17.2 Å². The van der Waals surface area contributed by atoms with Crippen molar-refractivity contribution in [2.75, 3.05) is 17.9 Å². The summed E-state index contributed by atoms with van der Waals surface area (Å²) in [6.07, 6.45) is 0. The number of benzene rings is 2. The molecule has 0 atom stereocenters. The summed E-state index contributed by atoms with van der Waals surface area (Å²) >= 11 is 0. The van der Waals surface area contributed by atoms with Gasteiger partial charge in [-0.2, -0.15) is 0 Å². The SMILES string of the molecule is Cc1cc2c(cc1S(=O)(=O)Nc1ccc(F)cc1F)OCCO2. The summed E-state index contributed by atoms with van der Waals surface area (Å²) in [6.45, 7) is 2.29. The fourth-order valence-electron chi connectivity index (χ4n) is 2.23. The molecule has 1 N–H and O–H groups in total. The normalized spacial score (nSPS) is 13.7. The molecule has 2 aromatic carbocycles. The van der Waals surface area contributed by atoms with Gasteiger partial charge in [0.05, 0.1) is 10.6 Å². The summed E-state index contributed by atoms with van der Waals surface area (Å²) in [7, 11) is -4.06. The van der Waals surface area contributed by atoms with Gasteiger partial charge < -0.3 is 9.47 Å². The number of fused-ring (bicyclic) bond motifs is 1. The van der Waals surface area contributed by atoms with Crippen LogP contribution >= 0.6 is 0 Å². The fourth-order valence-corrected chi connectivity index (χ4v) is 3.54. The number of ether oxygens (including phenoxy) is 2. The van der Waals surface area contributed by atoms with Gasteiger partial charge in [0.25, 0.3) is 10.0 Å². The summed E-state index contributed by atoms with van der Waals surface area (Å²) in [5.41, 5.74) is 0.0879. The predicted molar refractivity (Wildman–Crippen MR) is 79.3 cm³/mol. The highest BCUT2D eigenvalue weighted by molar-refractivity contribution is 7.92. The molecule has 1 aliphatic rings. The molecular formula is C15H13F2NO4S. The molecule has 0 saturated carbocycles. The average molecular weight is 341 g/mol. The highest BCUT2D eigenvalue weighted by Gasteiger charge is 2.23. The van der Waals surface area contributed by atoms with Crippen LogP contribution in [0.4, 0.5) is 14.5 Å². The van der Waals surface area contributed by atoms with E-state index in [4.69, 9.17) is 9.47 Å². The third-order valence-electron chi connectivity index (χ3n) is 3.30. The van der Waals surface area contributed by atoms with E-state index in [1.807, 2.05) is 0 Å². The minimum Gasteiger partial charge on any atom is -0.486 e. The minimum atomic E-state index is -4.06. The zero-order chi connectivity index (χ0) is 16.6. The van der Waals surface area contributed by atoms with Crippen molar-refractivity contribution < 1.29 is 26.7 Å². The van der Waals surface area contributed by atoms with Crippen LogP contribution in [0, 0.1) is 18.6 Å². The molecule has 0 bridgehead atoms. The van der Waals surface area contributed by atoms with Crippen LogP contribution in [-0.2, 0) is 10.0 Å². The Balaban J connectivity index is 1.99. The first-order chi connectivity index (χ1) is 10.9. The Bertz CT molecular complexity index is 868. The van der Waals surface area contributed by atoms with Gasteiger partial charge >= 0.3 is 0 Å². The smallest absolute Gasteiger partial charge is 0.262 e. The van der Waals surface area contributed by atoms with Gasteiger partial charge in [0.1, 0.15) is 24.8 Å². The van der Waals surface area contributed by atoms with Gasteiger partial charge in [0.15, 0.2) is 11.5 Å². The van der Waals surface area contributed by atoms with Crippen LogP contribution in [0.2, 0.25) is 0 Å². The van der Waals surface area contributed by atoms with Gasteiger partial charge in [-0.15, -0.1) is 0 Å². The van der Waals surface area contributed by atoms with E-state index in [1.165, 1.54) is 6.07 Å². The van der Waals surface area contributed by atoms with Crippen molar-refractivity contribution in [3.8, 4) is 11.5 Å². The van der Waals surface area contributed by atoms with Crippen LogP contribution in [-0.4, -0.2) is 21.6 Å². The van der Waals surface area contributed by atoms with E-state index in [0.717, 1.165) is 12.1 Å². The largest absolute Gasteiger partial charge is 0.486 e. The molecule has 0 aromatic heterocycles. The van der Waals surface area contributed by atoms with Gasteiger partial charge in [-0.3, -0.25) is 4.72 Å². The molecule has 0 unspecified atom stereocenters. The Morgan fingerprint density at radius 3 is 2.35 bits per heavy atom. The Labute approximate surface area is 131 Å². The molecule has 3 rings (SSSR count). The van der Waals surface area contributed by atoms with Crippen LogP contribution in [0.5, 0.6) is 11.5 Å². The molecule has 2 aromatic rings. The predicted octanol–water partition coefficient (Wildman–Crippen LogP) is 2.85. The molecule has 0 spiro atoms. The number of sulfonamides is 1. The molecule has 0 fully saturated rings. The molecule has 1 heterocycles. The highest BCUT2D eigenvalue weighted by Crippen LogP contribution is 2.35. The number of nitrogens with one attached hydrogen (secondary N) is 1.